The summed E-state index contributed by atoms with van der Waals surface area (Å²) in [7, 11) is 1.26. The van der Waals surface area contributed by atoms with Crippen LogP contribution in [0.2, 0.25) is 0 Å². The van der Waals surface area contributed by atoms with Gasteiger partial charge in [0.05, 0.1) is 18.5 Å². The molecule has 0 fully saturated rings. The molecular formula is C10H12N2O4. The summed E-state index contributed by atoms with van der Waals surface area (Å²) in [5.41, 5.74) is 6.97. The van der Waals surface area contributed by atoms with Crippen molar-refractivity contribution in [3.05, 3.63) is 33.4 Å². The molecule has 16 heavy (non-hydrogen) atoms. The first-order chi connectivity index (χ1) is 7.45. The van der Waals surface area contributed by atoms with Crippen molar-refractivity contribution in [2.75, 3.05) is 12.8 Å². The third-order valence-corrected chi connectivity index (χ3v) is 2.31. The van der Waals surface area contributed by atoms with Gasteiger partial charge in [-0.15, -0.1) is 0 Å². The van der Waals surface area contributed by atoms with Gasteiger partial charge in [0.15, 0.2) is 0 Å². The number of nitrogen functional groups attached to an aromatic ring is 1. The lowest BCUT2D eigenvalue weighted by Crippen LogP contribution is -2.07. The summed E-state index contributed by atoms with van der Waals surface area (Å²) in [6.45, 7) is 1.71. The number of carbonyl (C=O) groups is 1. The average Bonchev–Trinajstić information content (AvgIpc) is 2.23. The molecule has 1 aromatic rings. The number of nitrogens with two attached hydrogens (primary N) is 1. The number of anilines is 1. The number of methoxy groups -OCH3 is 1. The van der Waals surface area contributed by atoms with Crippen LogP contribution in [0.25, 0.3) is 0 Å². The summed E-state index contributed by atoms with van der Waals surface area (Å²) in [6.07, 6.45) is -0.0196. The molecule has 0 bridgehead atoms. The monoisotopic (exact) mass is 224 g/mol. The van der Waals surface area contributed by atoms with E-state index in [1.807, 2.05) is 0 Å². The van der Waals surface area contributed by atoms with E-state index < -0.39 is 10.9 Å². The number of nitro benzene ring substituents is 1. The van der Waals surface area contributed by atoms with E-state index in [-0.39, 0.29) is 12.1 Å². The number of hydrogen-bond acceptors (Lipinski definition) is 5. The number of non-ortho nitro benzene ring substituents is 1. The molecule has 86 valence electrons. The van der Waals surface area contributed by atoms with Crippen molar-refractivity contribution in [1.82, 2.24) is 0 Å². The highest BCUT2D eigenvalue weighted by Gasteiger charge is 2.14. The molecule has 0 heterocycles. The normalized spacial score (nSPS) is 9.88. The van der Waals surface area contributed by atoms with Crippen molar-refractivity contribution in [2.24, 2.45) is 0 Å². The summed E-state index contributed by atoms with van der Waals surface area (Å²) in [5, 5.41) is 10.6. The molecule has 0 atom stereocenters. The Hall–Kier alpha value is -2.11. The number of rotatable bonds is 3. The first kappa shape index (κ1) is 12.0. The van der Waals surface area contributed by atoms with Gasteiger partial charge in [-0.3, -0.25) is 14.9 Å². The first-order valence-electron chi connectivity index (χ1n) is 4.56. The second-order valence-electron chi connectivity index (χ2n) is 3.33. The van der Waals surface area contributed by atoms with Gasteiger partial charge in [0.25, 0.3) is 5.69 Å². The second-order valence-corrected chi connectivity index (χ2v) is 3.33. The van der Waals surface area contributed by atoms with Crippen LogP contribution in [0.1, 0.15) is 11.1 Å². The molecule has 0 radical (unpaired) electrons. The maximum atomic E-state index is 11.1. The van der Waals surface area contributed by atoms with Gasteiger partial charge in [0.1, 0.15) is 0 Å². The molecule has 0 aliphatic carbocycles. The van der Waals surface area contributed by atoms with Gasteiger partial charge in [0, 0.05) is 17.8 Å². The van der Waals surface area contributed by atoms with Crippen molar-refractivity contribution in [2.45, 2.75) is 13.3 Å². The van der Waals surface area contributed by atoms with Gasteiger partial charge >= 0.3 is 5.97 Å². The van der Waals surface area contributed by atoms with Gasteiger partial charge in [-0.2, -0.15) is 0 Å². The quantitative estimate of drug-likeness (QED) is 0.360. The summed E-state index contributed by atoms with van der Waals surface area (Å²) in [4.78, 5) is 21.2. The number of hydrogen-bond donors (Lipinski definition) is 1. The van der Waals surface area contributed by atoms with E-state index in [1.165, 1.54) is 19.2 Å². The smallest absolute Gasteiger partial charge is 0.309 e. The number of benzene rings is 1. The third kappa shape index (κ3) is 2.47. The molecule has 0 saturated heterocycles. The molecule has 0 aliphatic rings. The molecule has 0 saturated carbocycles. The van der Waals surface area contributed by atoms with Crippen LogP contribution in [0.15, 0.2) is 12.1 Å². The largest absolute Gasteiger partial charge is 0.469 e. The molecule has 0 amide bonds. The Kier molecular flexibility index (Phi) is 3.44. The number of nitro groups is 1. The van der Waals surface area contributed by atoms with Crippen LogP contribution in [0.4, 0.5) is 11.4 Å². The molecule has 2 N–H and O–H groups in total. The van der Waals surface area contributed by atoms with E-state index in [2.05, 4.69) is 4.74 Å². The first-order valence-corrected chi connectivity index (χ1v) is 4.56. The number of esters is 1. The van der Waals surface area contributed by atoms with Gasteiger partial charge in [0.2, 0.25) is 0 Å². The lowest BCUT2D eigenvalue weighted by atomic mass is 10.0. The van der Waals surface area contributed by atoms with Crippen molar-refractivity contribution in [3.63, 3.8) is 0 Å². The molecule has 1 aromatic carbocycles. The van der Waals surface area contributed by atoms with E-state index in [4.69, 9.17) is 5.73 Å². The maximum Gasteiger partial charge on any atom is 0.309 e. The van der Waals surface area contributed by atoms with Crippen LogP contribution in [0, 0.1) is 17.0 Å². The minimum Gasteiger partial charge on any atom is -0.469 e. The van der Waals surface area contributed by atoms with Crippen LogP contribution >= 0.6 is 0 Å². The summed E-state index contributed by atoms with van der Waals surface area (Å²) < 4.78 is 4.50. The van der Waals surface area contributed by atoms with Gasteiger partial charge in [-0.05, 0) is 18.1 Å². The van der Waals surface area contributed by atoms with E-state index >= 15 is 0 Å². The number of ether oxygens (including phenoxy) is 1. The highest BCUT2D eigenvalue weighted by molar-refractivity contribution is 5.74. The molecule has 6 heteroatoms. The maximum absolute atomic E-state index is 11.1. The average molecular weight is 224 g/mol. The summed E-state index contributed by atoms with van der Waals surface area (Å²) >= 11 is 0. The molecule has 0 aliphatic heterocycles. The zero-order valence-electron chi connectivity index (χ0n) is 9.02. The van der Waals surface area contributed by atoms with Crippen LogP contribution in [0.3, 0.4) is 0 Å². The van der Waals surface area contributed by atoms with Gasteiger partial charge < -0.3 is 10.5 Å². The fourth-order valence-electron chi connectivity index (χ4n) is 1.30. The van der Waals surface area contributed by atoms with Crippen LogP contribution in [0.5, 0.6) is 0 Å². The van der Waals surface area contributed by atoms with Crippen LogP contribution < -0.4 is 5.73 Å². The fourth-order valence-corrected chi connectivity index (χ4v) is 1.30. The van der Waals surface area contributed by atoms with E-state index in [0.29, 0.717) is 16.8 Å². The van der Waals surface area contributed by atoms with Crippen molar-refractivity contribution in [3.8, 4) is 0 Å². The lowest BCUT2D eigenvalue weighted by molar-refractivity contribution is -0.384. The highest BCUT2D eigenvalue weighted by atomic mass is 16.6. The van der Waals surface area contributed by atoms with Crippen molar-refractivity contribution >= 4 is 17.3 Å². The Morgan fingerprint density at radius 3 is 2.69 bits per heavy atom. The Morgan fingerprint density at radius 1 is 1.56 bits per heavy atom. The zero-order valence-corrected chi connectivity index (χ0v) is 9.02. The SMILES string of the molecule is COC(=O)Cc1cc([N+](=O)[O-])cc(N)c1C. The fraction of sp³-hybridized carbons (Fsp3) is 0.300. The van der Waals surface area contributed by atoms with Crippen molar-refractivity contribution in [1.29, 1.82) is 0 Å². The summed E-state index contributed by atoms with van der Waals surface area (Å²) in [5.74, 6) is -0.456. The Labute approximate surface area is 92.2 Å². The second kappa shape index (κ2) is 4.61. The van der Waals surface area contributed by atoms with Crippen LogP contribution in [-0.2, 0) is 16.0 Å². The Bertz CT molecular complexity index is 443. The standard InChI is InChI=1S/C10H12N2O4/c1-6-7(4-10(13)16-2)3-8(12(14)15)5-9(6)11/h3,5H,4,11H2,1-2H3. The van der Waals surface area contributed by atoms with Gasteiger partial charge in [-0.1, -0.05) is 0 Å². The van der Waals surface area contributed by atoms with Crippen molar-refractivity contribution < 1.29 is 14.5 Å². The number of nitrogens with zero attached hydrogens (tertiary/aromatic N) is 1. The predicted octanol–water partition coefficient (Wildman–Crippen LogP) is 1.20. The van der Waals surface area contributed by atoms with Gasteiger partial charge in [-0.25, -0.2) is 0 Å². The third-order valence-electron chi connectivity index (χ3n) is 2.31. The molecular weight excluding hydrogens is 212 g/mol. The Balaban J connectivity index is 3.16. The van der Waals surface area contributed by atoms with Crippen LogP contribution in [-0.4, -0.2) is 18.0 Å². The predicted molar refractivity (Wildman–Crippen MR) is 58.0 cm³/mol. The highest BCUT2D eigenvalue weighted by Crippen LogP contribution is 2.24. The molecule has 0 unspecified atom stereocenters. The molecule has 0 spiro atoms. The lowest BCUT2D eigenvalue weighted by Gasteiger charge is -2.07. The minimum absolute atomic E-state index is 0.0196. The topological polar surface area (TPSA) is 95.5 Å². The Morgan fingerprint density at radius 2 is 2.19 bits per heavy atom. The van der Waals surface area contributed by atoms with E-state index in [1.54, 1.807) is 6.92 Å². The zero-order chi connectivity index (χ0) is 12.3. The summed E-state index contributed by atoms with van der Waals surface area (Å²) in [6, 6.07) is 2.61. The minimum atomic E-state index is -0.545. The number of carbonyl (C=O) groups excluding carboxylic acids is 1. The van der Waals surface area contributed by atoms with E-state index in [0.717, 1.165) is 0 Å². The molecule has 6 nitrogen and oxygen atoms in total. The molecule has 1 rings (SSSR count). The van der Waals surface area contributed by atoms with E-state index in [9.17, 15) is 14.9 Å². The molecule has 0 aromatic heterocycles.